The molecule has 2 fully saturated rings. The number of carbonyl (C=O) groups excluding carboxylic acids is 3. The lowest BCUT2D eigenvalue weighted by atomic mass is 10.0. The van der Waals surface area contributed by atoms with Crippen LogP contribution in [-0.2, 0) is 20.7 Å². The third-order valence-electron chi connectivity index (χ3n) is 6.41. The molecule has 2 aromatic heterocycles. The molecule has 0 spiro atoms. The summed E-state index contributed by atoms with van der Waals surface area (Å²) in [4.78, 5) is 44.8. The predicted octanol–water partition coefficient (Wildman–Crippen LogP) is 2.56. The van der Waals surface area contributed by atoms with E-state index in [0.717, 1.165) is 11.1 Å². The van der Waals surface area contributed by atoms with Crippen LogP contribution in [0.3, 0.4) is 0 Å². The number of likely N-dealkylation sites (tertiary alicyclic amines) is 1. The van der Waals surface area contributed by atoms with Gasteiger partial charge >= 0.3 is 0 Å². The highest BCUT2D eigenvalue weighted by Crippen LogP contribution is 2.28. The normalized spacial score (nSPS) is 20.3. The van der Waals surface area contributed by atoms with Crippen LogP contribution >= 0.6 is 0 Å². The smallest absolute Gasteiger partial charge is 0.255 e. The molecule has 8 heteroatoms. The van der Waals surface area contributed by atoms with E-state index in [1.165, 1.54) is 0 Å². The lowest BCUT2D eigenvalue weighted by Crippen LogP contribution is -2.53. The van der Waals surface area contributed by atoms with E-state index in [9.17, 15) is 14.4 Å². The average molecular weight is 460 g/mol. The van der Waals surface area contributed by atoms with Gasteiger partial charge in [-0.3, -0.25) is 19.4 Å². The van der Waals surface area contributed by atoms with Gasteiger partial charge in [-0.2, -0.15) is 0 Å². The Morgan fingerprint density at radius 2 is 1.94 bits per heavy atom. The number of nitrogens with zero attached hydrogens (tertiary/aromatic N) is 2. The van der Waals surface area contributed by atoms with Crippen LogP contribution in [0.25, 0.3) is 11.3 Å². The summed E-state index contributed by atoms with van der Waals surface area (Å²) in [6.45, 7) is 2.17. The van der Waals surface area contributed by atoms with Crippen LogP contribution in [0.5, 0.6) is 0 Å². The number of pyridine rings is 1. The number of ether oxygens (including phenoxy) is 1. The van der Waals surface area contributed by atoms with E-state index in [-0.39, 0.29) is 30.8 Å². The number of furan rings is 1. The second-order valence-electron chi connectivity index (χ2n) is 8.61. The van der Waals surface area contributed by atoms with Crippen LogP contribution in [0, 0.1) is 6.92 Å². The van der Waals surface area contributed by atoms with E-state index < -0.39 is 18.0 Å². The largest absolute Gasteiger partial charge is 0.461 e. The van der Waals surface area contributed by atoms with E-state index >= 15 is 0 Å². The maximum Gasteiger partial charge on any atom is 0.255 e. The topological polar surface area (TPSA) is 102 Å². The first-order valence-corrected chi connectivity index (χ1v) is 11.3. The fourth-order valence-electron chi connectivity index (χ4n) is 4.68. The molecule has 1 N–H and O–H groups in total. The lowest BCUT2D eigenvalue weighted by molar-refractivity contribution is -0.138. The molecule has 174 valence electrons. The van der Waals surface area contributed by atoms with Crippen molar-refractivity contribution in [2.75, 3.05) is 13.2 Å². The van der Waals surface area contributed by atoms with Crippen molar-refractivity contribution in [1.29, 1.82) is 0 Å². The van der Waals surface area contributed by atoms with E-state index in [0.29, 0.717) is 30.0 Å². The monoisotopic (exact) mass is 459 g/mol. The highest BCUT2D eigenvalue weighted by Gasteiger charge is 2.48. The van der Waals surface area contributed by atoms with Gasteiger partial charge in [0, 0.05) is 30.9 Å². The second kappa shape index (κ2) is 9.23. The number of hydrogen-bond acceptors (Lipinski definition) is 6. The van der Waals surface area contributed by atoms with Gasteiger partial charge in [0.25, 0.3) is 5.91 Å². The molecule has 2 amide bonds. The third kappa shape index (κ3) is 4.24. The molecule has 2 aliphatic rings. The van der Waals surface area contributed by atoms with Crippen molar-refractivity contribution < 1.29 is 23.5 Å². The molecule has 0 radical (unpaired) electrons. The summed E-state index contributed by atoms with van der Waals surface area (Å²) < 4.78 is 11.4. The van der Waals surface area contributed by atoms with Crippen LogP contribution in [0.2, 0.25) is 0 Å². The number of carbonyl (C=O) groups is 3. The second-order valence-corrected chi connectivity index (χ2v) is 8.61. The van der Waals surface area contributed by atoms with Crippen molar-refractivity contribution in [2.24, 2.45) is 0 Å². The SMILES string of the molecule is Cc1oc(-c2ccccc2)cc1C(=O)NC(Cc1ccncc1)C(=O)N1CCC2OCC(=O)C21. The minimum Gasteiger partial charge on any atom is -0.461 e. The number of nitrogens with one attached hydrogen (secondary N) is 1. The highest BCUT2D eigenvalue weighted by atomic mass is 16.5. The van der Waals surface area contributed by atoms with E-state index in [4.69, 9.17) is 9.15 Å². The molecule has 3 atom stereocenters. The van der Waals surface area contributed by atoms with Crippen molar-refractivity contribution in [1.82, 2.24) is 15.2 Å². The fraction of sp³-hybridized carbons (Fsp3) is 0.308. The number of rotatable bonds is 6. The van der Waals surface area contributed by atoms with Crippen LogP contribution in [-0.4, -0.2) is 58.8 Å². The summed E-state index contributed by atoms with van der Waals surface area (Å²) in [5.74, 6) is 0.257. The minimum atomic E-state index is -0.850. The molecule has 4 heterocycles. The minimum absolute atomic E-state index is 0.0248. The number of amides is 2. The fourth-order valence-corrected chi connectivity index (χ4v) is 4.68. The summed E-state index contributed by atoms with van der Waals surface area (Å²) in [7, 11) is 0. The molecular weight excluding hydrogens is 434 g/mol. The number of Topliss-reactive ketones (excluding diaryl/α,β-unsaturated/α-hetero) is 1. The van der Waals surface area contributed by atoms with Gasteiger partial charge in [0.2, 0.25) is 5.91 Å². The van der Waals surface area contributed by atoms with Crippen LogP contribution in [0.1, 0.15) is 28.1 Å². The van der Waals surface area contributed by atoms with Gasteiger partial charge in [-0.15, -0.1) is 0 Å². The van der Waals surface area contributed by atoms with Crippen molar-refractivity contribution >= 4 is 17.6 Å². The maximum absolute atomic E-state index is 13.6. The molecule has 0 aliphatic carbocycles. The third-order valence-corrected chi connectivity index (χ3v) is 6.41. The number of aromatic nitrogens is 1. The quantitative estimate of drug-likeness (QED) is 0.608. The van der Waals surface area contributed by atoms with E-state index in [2.05, 4.69) is 10.3 Å². The van der Waals surface area contributed by atoms with Crippen LogP contribution in [0.15, 0.2) is 65.3 Å². The molecule has 0 bridgehead atoms. The van der Waals surface area contributed by atoms with Gasteiger partial charge in [-0.25, -0.2) is 0 Å². The van der Waals surface area contributed by atoms with Crippen molar-refractivity contribution in [3.05, 3.63) is 77.8 Å². The van der Waals surface area contributed by atoms with Gasteiger partial charge in [-0.05, 0) is 37.1 Å². The Morgan fingerprint density at radius 1 is 1.18 bits per heavy atom. The Hall–Kier alpha value is -3.78. The molecule has 1 aromatic carbocycles. The molecule has 2 aliphatic heterocycles. The van der Waals surface area contributed by atoms with E-state index in [1.54, 1.807) is 42.4 Å². The van der Waals surface area contributed by atoms with Gasteiger partial charge in [0.15, 0.2) is 5.78 Å². The van der Waals surface area contributed by atoms with Crippen LogP contribution in [0.4, 0.5) is 0 Å². The molecule has 34 heavy (non-hydrogen) atoms. The Kier molecular flexibility index (Phi) is 5.98. The first-order chi connectivity index (χ1) is 16.5. The van der Waals surface area contributed by atoms with E-state index in [1.807, 2.05) is 30.3 Å². The molecule has 3 unspecified atom stereocenters. The average Bonchev–Trinajstić information content (AvgIpc) is 3.56. The predicted molar refractivity (Wildman–Crippen MR) is 123 cm³/mol. The summed E-state index contributed by atoms with van der Waals surface area (Å²) in [5, 5.41) is 2.90. The number of benzene rings is 1. The highest BCUT2D eigenvalue weighted by molar-refractivity contribution is 6.00. The van der Waals surface area contributed by atoms with Gasteiger partial charge in [0.1, 0.15) is 30.2 Å². The zero-order chi connectivity index (χ0) is 23.7. The van der Waals surface area contributed by atoms with Gasteiger partial charge < -0.3 is 19.4 Å². The Bertz CT molecular complexity index is 1210. The van der Waals surface area contributed by atoms with Gasteiger partial charge in [-0.1, -0.05) is 30.3 Å². The van der Waals surface area contributed by atoms with Gasteiger partial charge in [0.05, 0.1) is 11.7 Å². The number of aryl methyl sites for hydroxylation is 1. The first kappa shape index (κ1) is 22.0. The Labute approximate surface area is 196 Å². The Balaban J connectivity index is 1.40. The maximum atomic E-state index is 13.6. The molecular formula is C26H25N3O5. The van der Waals surface area contributed by atoms with Crippen LogP contribution < -0.4 is 5.32 Å². The molecule has 2 saturated heterocycles. The number of hydrogen-bond donors (Lipinski definition) is 1. The standard InChI is InChI=1S/C26H25N3O5/c1-16-19(14-23(34-16)18-5-3-2-4-6-18)25(31)28-20(13-17-7-10-27-11-8-17)26(32)29-12-9-22-24(29)21(30)15-33-22/h2-8,10-11,14,20,22,24H,9,12-13,15H2,1H3,(H,28,31). The number of fused-ring (bicyclic) bond motifs is 1. The summed E-state index contributed by atoms with van der Waals surface area (Å²) >= 11 is 0. The zero-order valence-corrected chi connectivity index (χ0v) is 18.8. The van der Waals surface area contributed by atoms with Crippen molar-refractivity contribution in [2.45, 2.75) is 38.0 Å². The first-order valence-electron chi connectivity index (χ1n) is 11.3. The van der Waals surface area contributed by atoms with Crippen molar-refractivity contribution in [3.8, 4) is 11.3 Å². The van der Waals surface area contributed by atoms with Crippen molar-refractivity contribution in [3.63, 3.8) is 0 Å². The summed E-state index contributed by atoms with van der Waals surface area (Å²) in [5.41, 5.74) is 2.08. The number of ketones is 1. The zero-order valence-electron chi connectivity index (χ0n) is 18.8. The summed E-state index contributed by atoms with van der Waals surface area (Å²) in [6.07, 6.45) is 3.91. The lowest BCUT2D eigenvalue weighted by Gasteiger charge is -2.27. The molecule has 8 nitrogen and oxygen atoms in total. The summed E-state index contributed by atoms with van der Waals surface area (Å²) in [6, 6.07) is 13.4. The molecule has 5 rings (SSSR count). The molecule has 0 saturated carbocycles. The Morgan fingerprint density at radius 3 is 2.71 bits per heavy atom. The molecule has 3 aromatic rings.